The first-order valence-electron chi connectivity index (χ1n) is 8.30. The maximum atomic E-state index is 12.9. The van der Waals surface area contributed by atoms with E-state index in [4.69, 9.17) is 0 Å². The van der Waals surface area contributed by atoms with Gasteiger partial charge in [0, 0.05) is 22.8 Å². The zero-order chi connectivity index (χ0) is 16.7. The Labute approximate surface area is 140 Å². The maximum absolute atomic E-state index is 12.9. The number of fused-ring (bicyclic) bond motifs is 2. The van der Waals surface area contributed by atoms with Gasteiger partial charge < -0.3 is 5.32 Å². The highest BCUT2D eigenvalue weighted by molar-refractivity contribution is 6.06. The van der Waals surface area contributed by atoms with Crippen molar-refractivity contribution in [2.75, 3.05) is 0 Å². The van der Waals surface area contributed by atoms with E-state index in [9.17, 15) is 4.79 Å². The number of aromatic amines is 1. The molecule has 24 heavy (non-hydrogen) atoms. The highest BCUT2D eigenvalue weighted by Crippen LogP contribution is 2.22. The largest absolute Gasteiger partial charge is 0.349 e. The van der Waals surface area contributed by atoms with Crippen LogP contribution in [0, 0.1) is 13.8 Å². The van der Waals surface area contributed by atoms with Crippen molar-refractivity contribution < 1.29 is 4.79 Å². The van der Waals surface area contributed by atoms with Gasteiger partial charge in [0.2, 0.25) is 0 Å². The first-order valence-corrected chi connectivity index (χ1v) is 8.30. The van der Waals surface area contributed by atoms with Gasteiger partial charge in [-0.05, 0) is 56.9 Å². The van der Waals surface area contributed by atoms with E-state index < -0.39 is 0 Å². The Balaban J connectivity index is 1.63. The normalized spacial score (nSPS) is 16.8. The molecule has 1 aliphatic rings. The average molecular weight is 320 g/mol. The Kier molecular flexibility index (Phi) is 3.56. The third-order valence-electron chi connectivity index (χ3n) is 4.69. The average Bonchev–Trinajstić information content (AvgIpc) is 3.02. The van der Waals surface area contributed by atoms with Crippen molar-refractivity contribution in [1.82, 2.24) is 20.5 Å². The van der Waals surface area contributed by atoms with Gasteiger partial charge >= 0.3 is 0 Å². The second-order valence-electron chi connectivity index (χ2n) is 6.62. The minimum absolute atomic E-state index is 0.0203. The van der Waals surface area contributed by atoms with E-state index in [1.165, 1.54) is 11.3 Å². The van der Waals surface area contributed by atoms with Crippen LogP contribution in [0.3, 0.4) is 0 Å². The standard InChI is InChI=1S/C19H20N4O/c1-11-3-5-18-15(7-11)16(8-12(2)21-18)19(24)22-14-4-6-17-13(9-14)10-20-23-17/h3,5,7-8,10,14H,4,6,9H2,1-2H3,(H,20,23)(H,22,24)/t14-/m0/s1. The third-order valence-corrected chi connectivity index (χ3v) is 4.69. The molecule has 1 aromatic carbocycles. The van der Waals surface area contributed by atoms with Crippen LogP contribution in [0.4, 0.5) is 0 Å². The zero-order valence-electron chi connectivity index (χ0n) is 13.9. The molecule has 0 bridgehead atoms. The van der Waals surface area contributed by atoms with Crippen LogP contribution >= 0.6 is 0 Å². The van der Waals surface area contributed by atoms with Crippen LogP contribution < -0.4 is 5.32 Å². The quantitative estimate of drug-likeness (QED) is 0.763. The van der Waals surface area contributed by atoms with Crippen molar-refractivity contribution in [3.63, 3.8) is 0 Å². The zero-order valence-corrected chi connectivity index (χ0v) is 13.9. The van der Waals surface area contributed by atoms with Crippen LogP contribution in [0.1, 0.15) is 39.3 Å². The third kappa shape index (κ3) is 2.66. The van der Waals surface area contributed by atoms with Gasteiger partial charge in [0.15, 0.2) is 0 Å². The van der Waals surface area contributed by atoms with Crippen molar-refractivity contribution >= 4 is 16.8 Å². The first kappa shape index (κ1) is 14.9. The molecule has 0 saturated carbocycles. The van der Waals surface area contributed by atoms with Crippen molar-refractivity contribution in [3.8, 4) is 0 Å². The number of nitrogens with one attached hydrogen (secondary N) is 2. The summed E-state index contributed by atoms with van der Waals surface area (Å²) in [6, 6.07) is 8.07. The lowest BCUT2D eigenvalue weighted by atomic mass is 9.93. The first-order chi connectivity index (χ1) is 11.6. The number of carbonyl (C=O) groups excluding carboxylic acids is 1. The summed E-state index contributed by atoms with van der Waals surface area (Å²) in [5, 5.41) is 11.2. The van der Waals surface area contributed by atoms with Crippen LogP contribution in [0.15, 0.2) is 30.5 Å². The number of amides is 1. The van der Waals surface area contributed by atoms with E-state index in [-0.39, 0.29) is 11.9 Å². The van der Waals surface area contributed by atoms with Crippen LogP contribution in [0.2, 0.25) is 0 Å². The van der Waals surface area contributed by atoms with E-state index >= 15 is 0 Å². The van der Waals surface area contributed by atoms with Gasteiger partial charge in [-0.25, -0.2) is 0 Å². The number of H-pyrrole nitrogens is 1. The summed E-state index contributed by atoms with van der Waals surface area (Å²) in [6.07, 6.45) is 4.55. The smallest absolute Gasteiger partial charge is 0.252 e. The van der Waals surface area contributed by atoms with E-state index in [2.05, 4.69) is 20.5 Å². The summed E-state index contributed by atoms with van der Waals surface area (Å²) in [6.45, 7) is 3.96. The molecule has 2 N–H and O–H groups in total. The van der Waals surface area contributed by atoms with Crippen molar-refractivity contribution in [2.45, 2.75) is 39.2 Å². The van der Waals surface area contributed by atoms with Gasteiger partial charge in [0.05, 0.1) is 17.3 Å². The number of hydrogen-bond donors (Lipinski definition) is 2. The second-order valence-corrected chi connectivity index (χ2v) is 6.62. The summed E-state index contributed by atoms with van der Waals surface area (Å²) in [5.41, 5.74) is 5.96. The van der Waals surface area contributed by atoms with E-state index in [0.29, 0.717) is 5.56 Å². The molecule has 1 aliphatic carbocycles. The molecule has 0 unspecified atom stereocenters. The fourth-order valence-electron chi connectivity index (χ4n) is 3.46. The number of hydrogen-bond acceptors (Lipinski definition) is 3. The van der Waals surface area contributed by atoms with E-state index in [1.54, 1.807) is 0 Å². The topological polar surface area (TPSA) is 70.7 Å². The number of aromatic nitrogens is 3. The lowest BCUT2D eigenvalue weighted by molar-refractivity contribution is 0.0935. The molecule has 3 aromatic rings. The van der Waals surface area contributed by atoms with Crippen molar-refractivity contribution in [2.24, 2.45) is 0 Å². The predicted octanol–water partition coefficient (Wildman–Crippen LogP) is 2.86. The van der Waals surface area contributed by atoms with Gasteiger partial charge in [0.25, 0.3) is 5.91 Å². The molecule has 0 aliphatic heterocycles. The van der Waals surface area contributed by atoms with Gasteiger partial charge in [-0.1, -0.05) is 11.6 Å². The molecule has 1 atom stereocenters. The molecule has 0 spiro atoms. The lowest BCUT2D eigenvalue weighted by Crippen LogP contribution is -2.38. The Morgan fingerprint density at radius 3 is 3.04 bits per heavy atom. The molecule has 2 heterocycles. The Bertz CT molecular complexity index is 928. The van der Waals surface area contributed by atoms with Crippen LogP contribution in [0.25, 0.3) is 10.9 Å². The highest BCUT2D eigenvalue weighted by atomic mass is 16.1. The minimum Gasteiger partial charge on any atom is -0.349 e. The summed E-state index contributed by atoms with van der Waals surface area (Å²) in [4.78, 5) is 17.4. The Morgan fingerprint density at radius 1 is 1.29 bits per heavy atom. The molecule has 4 rings (SSSR count). The number of benzene rings is 1. The molecular weight excluding hydrogens is 300 g/mol. The number of nitrogens with zero attached hydrogens (tertiary/aromatic N) is 2. The molecule has 2 aromatic heterocycles. The van der Waals surface area contributed by atoms with E-state index in [1.807, 2.05) is 44.3 Å². The monoisotopic (exact) mass is 320 g/mol. The van der Waals surface area contributed by atoms with Crippen molar-refractivity contribution in [1.29, 1.82) is 0 Å². The lowest BCUT2D eigenvalue weighted by Gasteiger charge is -2.23. The van der Waals surface area contributed by atoms with Gasteiger partial charge in [-0.3, -0.25) is 14.9 Å². The molecule has 122 valence electrons. The number of carbonyl (C=O) groups is 1. The second kappa shape index (κ2) is 5.74. The summed E-state index contributed by atoms with van der Waals surface area (Å²) < 4.78 is 0. The Hall–Kier alpha value is -2.69. The van der Waals surface area contributed by atoms with Gasteiger partial charge in [0.1, 0.15) is 0 Å². The van der Waals surface area contributed by atoms with Crippen LogP contribution in [0.5, 0.6) is 0 Å². The van der Waals surface area contributed by atoms with Gasteiger partial charge in [-0.2, -0.15) is 5.10 Å². The van der Waals surface area contributed by atoms with E-state index in [0.717, 1.165) is 41.4 Å². The number of rotatable bonds is 2. The number of aryl methyl sites for hydroxylation is 3. The molecule has 0 fully saturated rings. The maximum Gasteiger partial charge on any atom is 0.252 e. The number of pyridine rings is 1. The van der Waals surface area contributed by atoms with Crippen LogP contribution in [-0.2, 0) is 12.8 Å². The van der Waals surface area contributed by atoms with Gasteiger partial charge in [-0.15, -0.1) is 0 Å². The predicted molar refractivity (Wildman–Crippen MR) is 93.1 cm³/mol. The summed E-state index contributed by atoms with van der Waals surface area (Å²) in [5.74, 6) is -0.0203. The summed E-state index contributed by atoms with van der Waals surface area (Å²) >= 11 is 0. The summed E-state index contributed by atoms with van der Waals surface area (Å²) in [7, 11) is 0. The molecule has 1 amide bonds. The SMILES string of the molecule is Cc1ccc2nc(C)cc(C(=O)N[C@H]3CCc4[nH]ncc4C3)c2c1. The van der Waals surface area contributed by atoms with Crippen molar-refractivity contribution in [3.05, 3.63) is 58.5 Å². The molecular formula is C19H20N4O. The minimum atomic E-state index is -0.0203. The molecule has 0 radical (unpaired) electrons. The Morgan fingerprint density at radius 2 is 2.17 bits per heavy atom. The molecule has 5 nitrogen and oxygen atoms in total. The fraction of sp³-hybridized carbons (Fsp3) is 0.316. The fourth-order valence-corrected chi connectivity index (χ4v) is 3.46. The van der Waals surface area contributed by atoms with Crippen LogP contribution in [-0.4, -0.2) is 27.1 Å². The molecule has 0 saturated heterocycles. The molecule has 5 heteroatoms. The highest BCUT2D eigenvalue weighted by Gasteiger charge is 2.23.